The molecule has 0 bridgehead atoms. The highest BCUT2D eigenvalue weighted by Crippen LogP contribution is 2.11. The van der Waals surface area contributed by atoms with Gasteiger partial charge >= 0.3 is 0 Å². The number of aliphatic hydroxyl groups is 2. The molecule has 0 aromatic carbocycles. The topological polar surface area (TPSA) is 49.7 Å². The standard InChI is InChI=1S/C8H20O3Si/c1-6(9)8(10)7(2)11-12(3,4)5/h6-10H,1-5H3. The van der Waals surface area contributed by atoms with Crippen molar-refractivity contribution in [3.05, 3.63) is 0 Å². The van der Waals surface area contributed by atoms with Crippen LogP contribution in [0, 0.1) is 0 Å². The van der Waals surface area contributed by atoms with Crippen LogP contribution >= 0.6 is 0 Å². The first-order chi connectivity index (χ1) is 5.24. The highest BCUT2D eigenvalue weighted by molar-refractivity contribution is 6.69. The predicted octanol–water partition coefficient (Wildman–Crippen LogP) is 0.968. The number of aliphatic hydroxyl groups excluding tert-OH is 2. The lowest BCUT2D eigenvalue weighted by molar-refractivity contribution is -0.0367. The molecule has 0 fully saturated rings. The molecule has 12 heavy (non-hydrogen) atoms. The maximum absolute atomic E-state index is 9.41. The van der Waals surface area contributed by atoms with E-state index in [9.17, 15) is 5.11 Å². The first-order valence-electron chi connectivity index (χ1n) is 4.28. The summed E-state index contributed by atoms with van der Waals surface area (Å²) >= 11 is 0. The molecule has 0 spiro atoms. The van der Waals surface area contributed by atoms with Gasteiger partial charge in [0.25, 0.3) is 0 Å². The van der Waals surface area contributed by atoms with Crippen molar-refractivity contribution in [2.75, 3.05) is 0 Å². The Morgan fingerprint density at radius 1 is 1.08 bits per heavy atom. The van der Waals surface area contributed by atoms with Crippen LogP contribution in [0.2, 0.25) is 19.6 Å². The van der Waals surface area contributed by atoms with Crippen LogP contribution in [0.1, 0.15) is 13.8 Å². The minimum atomic E-state index is -1.60. The van der Waals surface area contributed by atoms with Gasteiger partial charge in [0.2, 0.25) is 0 Å². The molecular formula is C8H20O3Si. The van der Waals surface area contributed by atoms with Gasteiger partial charge in [-0.2, -0.15) is 0 Å². The molecular weight excluding hydrogens is 172 g/mol. The summed E-state index contributed by atoms with van der Waals surface area (Å²) in [4.78, 5) is 0. The summed E-state index contributed by atoms with van der Waals surface area (Å²) in [6.07, 6.45) is -1.79. The van der Waals surface area contributed by atoms with E-state index in [1.807, 2.05) is 0 Å². The minimum absolute atomic E-state index is 0.281. The quantitative estimate of drug-likeness (QED) is 0.653. The fourth-order valence-corrected chi connectivity index (χ4v) is 2.27. The van der Waals surface area contributed by atoms with Gasteiger partial charge in [0, 0.05) is 0 Å². The summed E-state index contributed by atoms with van der Waals surface area (Å²) in [7, 11) is -1.60. The molecule has 74 valence electrons. The lowest BCUT2D eigenvalue weighted by atomic mass is 10.1. The Bertz CT molecular complexity index is 131. The van der Waals surface area contributed by atoms with Crippen molar-refractivity contribution >= 4 is 8.32 Å². The van der Waals surface area contributed by atoms with E-state index >= 15 is 0 Å². The Balaban J connectivity index is 3.95. The van der Waals surface area contributed by atoms with Crippen molar-refractivity contribution in [2.45, 2.75) is 51.8 Å². The Kier molecular flexibility index (Phi) is 4.40. The average Bonchev–Trinajstić information content (AvgIpc) is 1.82. The molecule has 0 aliphatic heterocycles. The summed E-state index contributed by atoms with van der Waals surface area (Å²) in [5, 5.41) is 18.5. The van der Waals surface area contributed by atoms with Crippen LogP contribution in [-0.2, 0) is 4.43 Å². The molecule has 0 amide bonds. The summed E-state index contributed by atoms with van der Waals surface area (Å²) in [5.74, 6) is 0. The van der Waals surface area contributed by atoms with E-state index < -0.39 is 20.5 Å². The Labute approximate surface area is 75.5 Å². The van der Waals surface area contributed by atoms with Crippen LogP contribution in [0.5, 0.6) is 0 Å². The molecule has 0 aromatic rings. The molecule has 4 heteroatoms. The Morgan fingerprint density at radius 2 is 1.50 bits per heavy atom. The fraction of sp³-hybridized carbons (Fsp3) is 1.00. The SMILES string of the molecule is CC(O)C(O)C(C)O[Si](C)(C)C. The van der Waals surface area contributed by atoms with E-state index in [1.165, 1.54) is 0 Å². The van der Waals surface area contributed by atoms with Crippen LogP contribution in [0.15, 0.2) is 0 Å². The van der Waals surface area contributed by atoms with Gasteiger partial charge in [-0.25, -0.2) is 0 Å². The smallest absolute Gasteiger partial charge is 0.184 e. The lowest BCUT2D eigenvalue weighted by Crippen LogP contribution is -2.41. The molecule has 0 heterocycles. The second kappa shape index (κ2) is 4.37. The minimum Gasteiger partial charge on any atom is -0.412 e. The van der Waals surface area contributed by atoms with Crippen LogP contribution in [-0.4, -0.2) is 36.8 Å². The second-order valence-electron chi connectivity index (χ2n) is 4.17. The van der Waals surface area contributed by atoms with Gasteiger partial charge in [-0.1, -0.05) is 0 Å². The van der Waals surface area contributed by atoms with E-state index in [2.05, 4.69) is 19.6 Å². The van der Waals surface area contributed by atoms with Gasteiger partial charge in [-0.3, -0.25) is 0 Å². The van der Waals surface area contributed by atoms with Gasteiger partial charge in [-0.05, 0) is 33.5 Å². The number of hydrogen-bond donors (Lipinski definition) is 2. The Morgan fingerprint density at radius 3 is 1.75 bits per heavy atom. The van der Waals surface area contributed by atoms with Crippen LogP contribution in [0.25, 0.3) is 0 Å². The van der Waals surface area contributed by atoms with Crippen molar-refractivity contribution in [2.24, 2.45) is 0 Å². The van der Waals surface area contributed by atoms with Gasteiger partial charge in [0.1, 0.15) is 6.10 Å². The third-order valence-corrected chi connectivity index (χ3v) is 2.59. The van der Waals surface area contributed by atoms with Gasteiger partial charge < -0.3 is 14.6 Å². The van der Waals surface area contributed by atoms with Crippen molar-refractivity contribution in [3.8, 4) is 0 Å². The van der Waals surface area contributed by atoms with E-state index in [1.54, 1.807) is 13.8 Å². The zero-order valence-electron chi connectivity index (χ0n) is 8.53. The van der Waals surface area contributed by atoms with Crippen LogP contribution in [0.4, 0.5) is 0 Å². The van der Waals surface area contributed by atoms with E-state index in [0.29, 0.717) is 0 Å². The number of rotatable bonds is 4. The molecule has 0 radical (unpaired) electrons. The van der Waals surface area contributed by atoms with Crippen molar-refractivity contribution in [3.63, 3.8) is 0 Å². The fourth-order valence-electron chi connectivity index (χ4n) is 1.02. The van der Waals surface area contributed by atoms with E-state index in [0.717, 1.165) is 0 Å². The first-order valence-corrected chi connectivity index (χ1v) is 7.69. The van der Waals surface area contributed by atoms with E-state index in [4.69, 9.17) is 9.53 Å². The molecule has 3 unspecified atom stereocenters. The third-order valence-electron chi connectivity index (χ3n) is 1.51. The zero-order valence-corrected chi connectivity index (χ0v) is 9.53. The summed E-state index contributed by atoms with van der Waals surface area (Å²) in [5.41, 5.74) is 0. The van der Waals surface area contributed by atoms with Crippen molar-refractivity contribution in [1.82, 2.24) is 0 Å². The average molecular weight is 192 g/mol. The van der Waals surface area contributed by atoms with Gasteiger partial charge in [0.05, 0.1) is 12.2 Å². The molecule has 0 saturated heterocycles. The normalized spacial score (nSPS) is 20.2. The monoisotopic (exact) mass is 192 g/mol. The molecule has 0 aromatic heterocycles. The number of hydrogen-bond acceptors (Lipinski definition) is 3. The lowest BCUT2D eigenvalue weighted by Gasteiger charge is -2.28. The molecule has 3 nitrogen and oxygen atoms in total. The highest BCUT2D eigenvalue weighted by atomic mass is 28.4. The largest absolute Gasteiger partial charge is 0.412 e. The summed E-state index contributed by atoms with van der Waals surface area (Å²) in [6, 6.07) is 0. The maximum atomic E-state index is 9.41. The Hall–Kier alpha value is 0.0969. The van der Waals surface area contributed by atoms with Crippen molar-refractivity contribution < 1.29 is 14.6 Å². The van der Waals surface area contributed by atoms with Crippen LogP contribution in [0.3, 0.4) is 0 Å². The maximum Gasteiger partial charge on any atom is 0.184 e. The second-order valence-corrected chi connectivity index (χ2v) is 8.63. The zero-order chi connectivity index (χ0) is 9.94. The van der Waals surface area contributed by atoms with Gasteiger partial charge in [-0.15, -0.1) is 0 Å². The molecule has 2 N–H and O–H groups in total. The summed E-state index contributed by atoms with van der Waals surface area (Å²) < 4.78 is 5.59. The first kappa shape index (κ1) is 12.1. The predicted molar refractivity (Wildman–Crippen MR) is 51.6 cm³/mol. The van der Waals surface area contributed by atoms with Crippen molar-refractivity contribution in [1.29, 1.82) is 0 Å². The molecule has 0 aliphatic carbocycles. The molecule has 3 atom stereocenters. The van der Waals surface area contributed by atoms with E-state index in [-0.39, 0.29) is 6.10 Å². The molecule has 0 aliphatic rings. The third kappa shape index (κ3) is 4.87. The highest BCUT2D eigenvalue weighted by Gasteiger charge is 2.25. The summed E-state index contributed by atoms with van der Waals surface area (Å²) in [6.45, 7) is 9.51. The van der Waals surface area contributed by atoms with Gasteiger partial charge in [0.15, 0.2) is 8.32 Å². The molecule has 0 rings (SSSR count). The van der Waals surface area contributed by atoms with Crippen LogP contribution < -0.4 is 0 Å². The molecule has 0 saturated carbocycles.